The first-order chi connectivity index (χ1) is 14.0. The summed E-state index contributed by atoms with van der Waals surface area (Å²) in [7, 11) is -3.80. The van der Waals surface area contributed by atoms with Crippen LogP contribution in [0.25, 0.3) is 0 Å². The monoisotopic (exact) mass is 430 g/mol. The highest BCUT2D eigenvalue weighted by atomic mass is 32.2. The number of rotatable bonds is 9. The van der Waals surface area contributed by atoms with Crippen LogP contribution in [0.4, 0.5) is 5.69 Å². The first-order valence-corrected chi connectivity index (χ1v) is 11.7. The molecule has 29 heavy (non-hydrogen) atoms. The molecular formula is C21H22N2O4S2. The summed E-state index contributed by atoms with van der Waals surface area (Å²) in [5.74, 6) is 2.04. The quantitative estimate of drug-likeness (QED) is 0.500. The maximum absolute atomic E-state index is 12.8. The zero-order chi connectivity index (χ0) is 20.7. The second kappa shape index (κ2) is 9.67. The number of anilines is 1. The topological polar surface area (TPSA) is 88.4 Å². The Bertz CT molecular complexity index is 1050. The number of sulfonamides is 1. The van der Waals surface area contributed by atoms with Crippen molar-refractivity contribution < 1.29 is 17.6 Å². The van der Waals surface area contributed by atoms with Gasteiger partial charge in [0.25, 0.3) is 15.9 Å². The lowest BCUT2D eigenvalue weighted by Crippen LogP contribution is -2.26. The Kier molecular flexibility index (Phi) is 7.00. The van der Waals surface area contributed by atoms with Gasteiger partial charge >= 0.3 is 0 Å². The van der Waals surface area contributed by atoms with Crippen LogP contribution < -0.4 is 10.0 Å². The molecule has 152 valence electrons. The minimum absolute atomic E-state index is 0.0844. The van der Waals surface area contributed by atoms with Gasteiger partial charge in [0.15, 0.2) is 0 Å². The van der Waals surface area contributed by atoms with Gasteiger partial charge < -0.3 is 9.73 Å². The molecule has 6 nitrogen and oxygen atoms in total. The molecule has 0 atom stereocenters. The minimum atomic E-state index is -3.80. The third kappa shape index (κ3) is 5.88. The van der Waals surface area contributed by atoms with E-state index < -0.39 is 10.0 Å². The summed E-state index contributed by atoms with van der Waals surface area (Å²) in [6.45, 7) is 2.18. The van der Waals surface area contributed by atoms with Crippen LogP contribution in [-0.2, 0) is 15.8 Å². The number of para-hydroxylation sites is 1. The van der Waals surface area contributed by atoms with Crippen molar-refractivity contribution in [2.75, 3.05) is 17.0 Å². The second-order valence-corrected chi connectivity index (χ2v) is 9.10. The standard InChI is InChI=1S/C21H22N2O4S2/c1-16-9-10-17(21(24)22-11-13-28-15-19-8-5-12-27-19)14-20(16)29(25,26)23-18-6-3-2-4-7-18/h2-10,12,14,23H,11,13,15H2,1H3,(H,22,24). The molecule has 0 unspecified atom stereocenters. The molecule has 0 radical (unpaired) electrons. The van der Waals surface area contributed by atoms with Gasteiger partial charge in [0.1, 0.15) is 5.76 Å². The van der Waals surface area contributed by atoms with Crippen molar-refractivity contribution in [1.29, 1.82) is 0 Å². The molecule has 8 heteroatoms. The van der Waals surface area contributed by atoms with E-state index in [0.717, 1.165) is 17.3 Å². The number of nitrogens with one attached hydrogen (secondary N) is 2. The van der Waals surface area contributed by atoms with Crippen molar-refractivity contribution in [3.63, 3.8) is 0 Å². The predicted octanol–water partition coefficient (Wildman–Crippen LogP) is 4.05. The average molecular weight is 431 g/mol. The number of amides is 1. The van der Waals surface area contributed by atoms with Crippen molar-refractivity contribution in [3.8, 4) is 0 Å². The van der Waals surface area contributed by atoms with Crippen LogP contribution in [0.1, 0.15) is 21.7 Å². The number of benzene rings is 2. The lowest BCUT2D eigenvalue weighted by molar-refractivity contribution is 0.0956. The van der Waals surface area contributed by atoms with Gasteiger partial charge in [-0.15, -0.1) is 0 Å². The summed E-state index contributed by atoms with van der Waals surface area (Å²) in [6.07, 6.45) is 1.63. The fraction of sp³-hybridized carbons (Fsp3) is 0.190. The van der Waals surface area contributed by atoms with Gasteiger partial charge in [0.2, 0.25) is 0 Å². The van der Waals surface area contributed by atoms with Crippen LogP contribution in [0.2, 0.25) is 0 Å². The lowest BCUT2D eigenvalue weighted by atomic mass is 10.1. The summed E-state index contributed by atoms with van der Waals surface area (Å²) in [5.41, 5.74) is 1.34. The van der Waals surface area contributed by atoms with Crippen molar-refractivity contribution in [2.45, 2.75) is 17.6 Å². The Labute approximate surface area is 174 Å². The lowest BCUT2D eigenvalue weighted by Gasteiger charge is -2.12. The molecule has 0 aliphatic heterocycles. The van der Waals surface area contributed by atoms with Gasteiger partial charge in [0, 0.05) is 23.5 Å². The molecular weight excluding hydrogens is 408 g/mol. The molecule has 0 saturated carbocycles. The molecule has 0 bridgehead atoms. The van der Waals surface area contributed by atoms with Gasteiger partial charge in [-0.2, -0.15) is 11.8 Å². The molecule has 0 saturated heterocycles. The van der Waals surface area contributed by atoms with E-state index in [9.17, 15) is 13.2 Å². The van der Waals surface area contributed by atoms with Crippen LogP contribution in [-0.4, -0.2) is 26.6 Å². The highest BCUT2D eigenvalue weighted by molar-refractivity contribution is 7.98. The number of aryl methyl sites for hydroxylation is 1. The van der Waals surface area contributed by atoms with E-state index in [0.29, 0.717) is 23.4 Å². The fourth-order valence-electron chi connectivity index (χ4n) is 2.65. The number of hydrogen-bond acceptors (Lipinski definition) is 5. The number of hydrogen-bond donors (Lipinski definition) is 2. The molecule has 0 spiro atoms. The zero-order valence-electron chi connectivity index (χ0n) is 15.9. The van der Waals surface area contributed by atoms with E-state index in [2.05, 4.69) is 10.0 Å². The highest BCUT2D eigenvalue weighted by Crippen LogP contribution is 2.21. The van der Waals surface area contributed by atoms with E-state index in [1.807, 2.05) is 12.1 Å². The Morgan fingerprint density at radius 2 is 1.86 bits per heavy atom. The third-order valence-corrected chi connectivity index (χ3v) is 6.63. The molecule has 0 fully saturated rings. The molecule has 1 aromatic heterocycles. The predicted molar refractivity (Wildman–Crippen MR) is 116 cm³/mol. The Hall–Kier alpha value is -2.71. The minimum Gasteiger partial charge on any atom is -0.468 e. The third-order valence-electron chi connectivity index (χ3n) is 4.12. The van der Waals surface area contributed by atoms with Crippen LogP contribution in [0, 0.1) is 6.92 Å². The summed E-state index contributed by atoms with van der Waals surface area (Å²) < 4.78 is 33.3. The zero-order valence-corrected chi connectivity index (χ0v) is 17.6. The van der Waals surface area contributed by atoms with E-state index in [4.69, 9.17) is 4.42 Å². The molecule has 2 N–H and O–H groups in total. The van der Waals surface area contributed by atoms with Crippen molar-refractivity contribution in [1.82, 2.24) is 5.32 Å². The molecule has 3 rings (SSSR count). The van der Waals surface area contributed by atoms with Crippen LogP contribution in [0.5, 0.6) is 0 Å². The van der Waals surface area contributed by atoms with Crippen LogP contribution >= 0.6 is 11.8 Å². The van der Waals surface area contributed by atoms with Gasteiger partial charge in [-0.25, -0.2) is 8.42 Å². The Balaban J connectivity index is 1.61. The Morgan fingerprint density at radius 3 is 2.59 bits per heavy atom. The normalized spacial score (nSPS) is 11.2. The number of carbonyl (C=O) groups excluding carboxylic acids is 1. The molecule has 1 amide bonds. The molecule has 3 aromatic rings. The highest BCUT2D eigenvalue weighted by Gasteiger charge is 2.19. The molecule has 0 aliphatic carbocycles. The molecule has 2 aromatic carbocycles. The van der Waals surface area contributed by atoms with Crippen molar-refractivity contribution >= 4 is 33.4 Å². The molecule has 1 heterocycles. The van der Waals surface area contributed by atoms with Gasteiger partial charge in [0.05, 0.1) is 16.9 Å². The Morgan fingerprint density at radius 1 is 1.07 bits per heavy atom. The fourth-order valence-corrected chi connectivity index (χ4v) is 4.74. The maximum Gasteiger partial charge on any atom is 0.262 e. The number of thioether (sulfide) groups is 1. The van der Waals surface area contributed by atoms with Gasteiger partial charge in [-0.05, 0) is 48.9 Å². The smallest absolute Gasteiger partial charge is 0.262 e. The largest absolute Gasteiger partial charge is 0.468 e. The maximum atomic E-state index is 12.8. The van der Waals surface area contributed by atoms with E-state index in [1.54, 1.807) is 67.4 Å². The van der Waals surface area contributed by atoms with E-state index in [1.165, 1.54) is 6.07 Å². The second-order valence-electron chi connectivity index (χ2n) is 6.34. The van der Waals surface area contributed by atoms with Gasteiger partial charge in [-0.1, -0.05) is 24.3 Å². The van der Waals surface area contributed by atoms with E-state index in [-0.39, 0.29) is 10.8 Å². The van der Waals surface area contributed by atoms with Crippen molar-refractivity contribution in [3.05, 3.63) is 83.8 Å². The first-order valence-electron chi connectivity index (χ1n) is 9.02. The van der Waals surface area contributed by atoms with Crippen LogP contribution in [0.3, 0.4) is 0 Å². The SMILES string of the molecule is Cc1ccc(C(=O)NCCSCc2ccco2)cc1S(=O)(=O)Nc1ccccc1. The molecule has 0 aliphatic rings. The summed E-state index contributed by atoms with van der Waals surface area (Å²) in [4.78, 5) is 12.5. The summed E-state index contributed by atoms with van der Waals surface area (Å²) >= 11 is 1.64. The van der Waals surface area contributed by atoms with Gasteiger partial charge in [-0.3, -0.25) is 9.52 Å². The first kappa shape index (κ1) is 21.0. The number of carbonyl (C=O) groups is 1. The number of furan rings is 1. The van der Waals surface area contributed by atoms with Crippen LogP contribution in [0.15, 0.2) is 76.2 Å². The van der Waals surface area contributed by atoms with Crippen molar-refractivity contribution in [2.24, 2.45) is 0 Å². The van der Waals surface area contributed by atoms with E-state index >= 15 is 0 Å². The summed E-state index contributed by atoms with van der Waals surface area (Å²) in [5, 5.41) is 2.82. The summed E-state index contributed by atoms with van der Waals surface area (Å²) in [6, 6.07) is 17.1. The average Bonchev–Trinajstić information content (AvgIpc) is 3.21.